The molecule has 5 nitrogen and oxygen atoms in total. The maximum atomic E-state index is 12.4. The first-order valence-electron chi connectivity index (χ1n) is 9.18. The first kappa shape index (κ1) is 19.7. The molecule has 150 valence electrons. The van der Waals surface area contributed by atoms with Crippen molar-refractivity contribution in [3.63, 3.8) is 0 Å². The van der Waals surface area contributed by atoms with E-state index < -0.39 is 5.63 Å². The van der Waals surface area contributed by atoms with Gasteiger partial charge in [-0.2, -0.15) is 0 Å². The molecule has 0 atom stereocenters. The number of carbonyl (C=O) groups excluding carboxylic acids is 1. The molecular formula is C24H17ClO5. The molecule has 0 saturated carbocycles. The number of ketones is 1. The predicted molar refractivity (Wildman–Crippen MR) is 116 cm³/mol. The Bertz CT molecular complexity index is 1260. The van der Waals surface area contributed by atoms with Crippen LogP contribution in [0.4, 0.5) is 0 Å². The molecule has 0 amide bonds. The molecule has 6 heteroatoms. The van der Waals surface area contributed by atoms with Crippen molar-refractivity contribution in [1.29, 1.82) is 0 Å². The topological polar surface area (TPSA) is 65.7 Å². The van der Waals surface area contributed by atoms with Gasteiger partial charge in [0.05, 0.1) is 12.1 Å². The van der Waals surface area contributed by atoms with Crippen LogP contribution in [0.15, 0.2) is 82.0 Å². The zero-order valence-corrected chi connectivity index (χ0v) is 16.8. The van der Waals surface area contributed by atoms with Crippen LogP contribution in [0.3, 0.4) is 0 Å². The van der Waals surface area contributed by atoms with Crippen molar-refractivity contribution in [3.05, 3.63) is 93.8 Å². The molecule has 0 radical (unpaired) electrons. The minimum absolute atomic E-state index is 0.208. The molecule has 0 N–H and O–H groups in total. The molecule has 1 heterocycles. The molecule has 0 aliphatic rings. The van der Waals surface area contributed by atoms with E-state index in [0.717, 1.165) is 5.56 Å². The molecule has 3 aromatic carbocycles. The number of carbonyl (C=O) groups is 1. The fourth-order valence-electron chi connectivity index (χ4n) is 3.13. The van der Waals surface area contributed by atoms with Crippen molar-refractivity contribution in [2.75, 3.05) is 13.7 Å². The Labute approximate surface area is 177 Å². The van der Waals surface area contributed by atoms with E-state index in [0.29, 0.717) is 32.9 Å². The third-order valence-corrected chi connectivity index (χ3v) is 4.95. The highest BCUT2D eigenvalue weighted by Crippen LogP contribution is 2.34. The van der Waals surface area contributed by atoms with Crippen molar-refractivity contribution >= 4 is 28.4 Å². The summed E-state index contributed by atoms with van der Waals surface area (Å²) in [7, 11) is 1.56. The zero-order valence-electron chi connectivity index (χ0n) is 16.1. The van der Waals surface area contributed by atoms with Gasteiger partial charge in [0.15, 0.2) is 12.4 Å². The summed E-state index contributed by atoms with van der Waals surface area (Å²) in [6, 6.07) is 20.9. The van der Waals surface area contributed by atoms with Crippen molar-refractivity contribution in [3.8, 4) is 22.6 Å². The van der Waals surface area contributed by atoms with Crippen molar-refractivity contribution in [2.24, 2.45) is 0 Å². The van der Waals surface area contributed by atoms with Gasteiger partial charge in [0.1, 0.15) is 17.1 Å². The normalized spacial score (nSPS) is 10.7. The average molecular weight is 421 g/mol. The van der Waals surface area contributed by atoms with Crippen LogP contribution in [0.2, 0.25) is 5.02 Å². The highest BCUT2D eigenvalue weighted by atomic mass is 35.5. The number of methoxy groups -OCH3 is 1. The second kappa shape index (κ2) is 8.43. The van der Waals surface area contributed by atoms with Crippen LogP contribution in [0.1, 0.15) is 10.4 Å². The van der Waals surface area contributed by atoms with Crippen molar-refractivity contribution in [1.82, 2.24) is 0 Å². The summed E-state index contributed by atoms with van der Waals surface area (Å²) in [5, 5.41) is 0.996. The van der Waals surface area contributed by atoms with Crippen LogP contribution in [-0.2, 0) is 0 Å². The molecule has 4 rings (SSSR count). The van der Waals surface area contributed by atoms with Gasteiger partial charge >= 0.3 is 5.63 Å². The molecule has 0 aliphatic carbocycles. The molecule has 30 heavy (non-hydrogen) atoms. The van der Waals surface area contributed by atoms with E-state index >= 15 is 0 Å². The van der Waals surface area contributed by atoms with Gasteiger partial charge in [0.2, 0.25) is 0 Å². The lowest BCUT2D eigenvalue weighted by atomic mass is 10.0. The smallest absolute Gasteiger partial charge is 0.336 e. The van der Waals surface area contributed by atoms with Crippen LogP contribution in [-0.4, -0.2) is 19.5 Å². The Morgan fingerprint density at radius 2 is 1.73 bits per heavy atom. The minimum Gasteiger partial charge on any atom is -0.497 e. The van der Waals surface area contributed by atoms with Gasteiger partial charge in [0, 0.05) is 23.1 Å². The summed E-state index contributed by atoms with van der Waals surface area (Å²) in [5.41, 5.74) is 1.92. The Morgan fingerprint density at radius 1 is 1.00 bits per heavy atom. The summed E-state index contributed by atoms with van der Waals surface area (Å²) in [6.45, 7) is -0.208. The van der Waals surface area contributed by atoms with Crippen molar-refractivity contribution < 1.29 is 18.7 Å². The fraction of sp³-hybridized carbons (Fsp3) is 0.0833. The standard InChI is InChI=1S/C24H17ClO5/c1-28-17-9-7-16(8-10-17)21(26)14-29-23-13-22-19(11-20(23)25)18(12-24(27)30-22)15-5-3-2-4-6-15/h2-13H,14H2,1H3. The molecule has 4 aromatic rings. The van der Waals surface area contributed by atoms with Gasteiger partial charge < -0.3 is 13.9 Å². The zero-order chi connectivity index (χ0) is 21.1. The third-order valence-electron chi connectivity index (χ3n) is 4.65. The van der Waals surface area contributed by atoms with Crippen LogP contribution < -0.4 is 15.1 Å². The SMILES string of the molecule is COc1ccc(C(=O)COc2cc3oc(=O)cc(-c4ccccc4)c3cc2Cl)cc1. The first-order chi connectivity index (χ1) is 14.5. The number of rotatable bonds is 6. The quantitative estimate of drug-likeness (QED) is 0.309. The predicted octanol–water partition coefficient (Wildman–Crippen LogP) is 5.38. The Hall–Kier alpha value is -3.57. The van der Waals surface area contributed by atoms with Gasteiger partial charge in [-0.25, -0.2) is 4.79 Å². The van der Waals surface area contributed by atoms with Crippen molar-refractivity contribution in [2.45, 2.75) is 0 Å². The molecule has 0 fully saturated rings. The summed E-state index contributed by atoms with van der Waals surface area (Å²) < 4.78 is 16.1. The van der Waals surface area contributed by atoms with E-state index in [1.165, 1.54) is 12.1 Å². The summed E-state index contributed by atoms with van der Waals surface area (Å²) in [5.74, 6) is 0.710. The number of hydrogen-bond donors (Lipinski definition) is 0. The summed E-state index contributed by atoms with van der Waals surface area (Å²) in [4.78, 5) is 24.5. The fourth-order valence-corrected chi connectivity index (χ4v) is 3.35. The number of halogens is 1. The van der Waals surface area contributed by atoms with Gasteiger partial charge in [-0.05, 0) is 41.5 Å². The van der Waals surface area contributed by atoms with Gasteiger partial charge in [-0.1, -0.05) is 41.9 Å². The molecule has 1 aromatic heterocycles. The molecule has 0 saturated heterocycles. The Balaban J connectivity index is 1.63. The Kier molecular flexibility index (Phi) is 5.55. The lowest BCUT2D eigenvalue weighted by Gasteiger charge is -2.11. The van der Waals surface area contributed by atoms with E-state index in [1.54, 1.807) is 37.4 Å². The highest BCUT2D eigenvalue weighted by Gasteiger charge is 2.14. The highest BCUT2D eigenvalue weighted by molar-refractivity contribution is 6.33. The lowest BCUT2D eigenvalue weighted by Crippen LogP contribution is -2.11. The minimum atomic E-state index is -0.482. The monoisotopic (exact) mass is 420 g/mol. The average Bonchev–Trinajstić information content (AvgIpc) is 2.78. The van der Waals surface area contributed by atoms with E-state index in [4.69, 9.17) is 25.5 Å². The van der Waals surface area contributed by atoms with Crippen LogP contribution in [0.25, 0.3) is 22.1 Å². The largest absolute Gasteiger partial charge is 0.497 e. The Morgan fingerprint density at radius 3 is 2.43 bits per heavy atom. The molecule has 0 unspecified atom stereocenters. The second-order valence-corrected chi connectivity index (χ2v) is 6.97. The number of ether oxygens (including phenoxy) is 2. The number of fused-ring (bicyclic) bond motifs is 1. The second-order valence-electron chi connectivity index (χ2n) is 6.56. The van der Waals surface area contributed by atoms with Crippen LogP contribution in [0, 0.1) is 0 Å². The first-order valence-corrected chi connectivity index (χ1v) is 9.56. The van der Waals surface area contributed by atoms with Crippen LogP contribution >= 0.6 is 11.6 Å². The maximum Gasteiger partial charge on any atom is 0.336 e. The van der Waals surface area contributed by atoms with Gasteiger partial charge in [-0.3, -0.25) is 4.79 Å². The molecule has 0 spiro atoms. The summed E-state index contributed by atoms with van der Waals surface area (Å²) >= 11 is 6.40. The van der Waals surface area contributed by atoms with Gasteiger partial charge in [-0.15, -0.1) is 0 Å². The van der Waals surface area contributed by atoms with E-state index in [9.17, 15) is 9.59 Å². The molecule has 0 aliphatic heterocycles. The van der Waals surface area contributed by atoms with E-state index in [1.807, 2.05) is 30.3 Å². The van der Waals surface area contributed by atoms with E-state index in [2.05, 4.69) is 0 Å². The number of Topliss-reactive ketones (excluding diaryl/α,β-unsaturated/α-hetero) is 1. The maximum absolute atomic E-state index is 12.4. The molecule has 0 bridgehead atoms. The number of hydrogen-bond acceptors (Lipinski definition) is 5. The lowest BCUT2D eigenvalue weighted by molar-refractivity contribution is 0.0921. The molecular weight excluding hydrogens is 404 g/mol. The summed E-state index contributed by atoms with van der Waals surface area (Å²) in [6.07, 6.45) is 0. The van der Waals surface area contributed by atoms with E-state index in [-0.39, 0.29) is 18.1 Å². The number of benzene rings is 3. The third kappa shape index (κ3) is 4.07. The van der Waals surface area contributed by atoms with Crippen LogP contribution in [0.5, 0.6) is 11.5 Å². The van der Waals surface area contributed by atoms with Gasteiger partial charge in [0.25, 0.3) is 0 Å².